The van der Waals surface area contributed by atoms with E-state index in [9.17, 15) is 0 Å². The lowest BCUT2D eigenvalue weighted by Crippen LogP contribution is -2.39. The zero-order valence-electron chi connectivity index (χ0n) is 19.3. The van der Waals surface area contributed by atoms with E-state index in [0.717, 1.165) is 37.0 Å². The Hall–Kier alpha value is -0.620. The summed E-state index contributed by atoms with van der Waals surface area (Å²) in [6.45, 7) is 8.99. The van der Waals surface area contributed by atoms with Gasteiger partial charge in [0.1, 0.15) is 0 Å². The van der Waals surface area contributed by atoms with Crippen LogP contribution in [0.4, 0.5) is 0 Å². The summed E-state index contributed by atoms with van der Waals surface area (Å²) in [5, 5.41) is 6.04. The number of rotatable bonds is 9. The van der Waals surface area contributed by atoms with E-state index >= 15 is 0 Å². The van der Waals surface area contributed by atoms with Crippen LogP contribution >= 0.6 is 34.5 Å². The molecule has 6 heteroatoms. The minimum Gasteiger partial charge on any atom is -0.381 e. The monoisotopic (exact) mass is 494 g/mol. The molecule has 0 aliphatic carbocycles. The van der Waals surface area contributed by atoms with E-state index in [4.69, 9.17) is 27.9 Å². The first kappa shape index (κ1) is 24.5. The molecule has 32 heavy (non-hydrogen) atoms. The maximum atomic E-state index is 6.48. The van der Waals surface area contributed by atoms with Crippen molar-refractivity contribution in [3.05, 3.63) is 56.2 Å². The minimum atomic E-state index is 0.428. The maximum absolute atomic E-state index is 6.48. The fourth-order valence-corrected chi connectivity index (χ4v) is 6.76. The Morgan fingerprint density at radius 3 is 2.59 bits per heavy atom. The van der Waals surface area contributed by atoms with Crippen LogP contribution in [-0.2, 0) is 11.3 Å². The summed E-state index contributed by atoms with van der Waals surface area (Å²) in [5.74, 6) is 2.08. The third-order valence-corrected chi connectivity index (χ3v) is 8.77. The summed E-state index contributed by atoms with van der Waals surface area (Å²) >= 11 is 14.4. The molecule has 0 spiro atoms. The minimum absolute atomic E-state index is 0.428. The lowest BCUT2D eigenvalue weighted by molar-refractivity contribution is 0.0595. The van der Waals surface area contributed by atoms with Crippen LogP contribution in [0.1, 0.15) is 49.7 Å². The molecule has 0 amide bonds. The average Bonchev–Trinajstić information content (AvgIpc) is 3.45. The molecule has 2 aliphatic heterocycles. The van der Waals surface area contributed by atoms with Crippen molar-refractivity contribution in [2.24, 2.45) is 11.8 Å². The molecule has 176 valence electrons. The van der Waals surface area contributed by atoms with E-state index in [2.05, 4.69) is 39.6 Å². The second-order valence-electron chi connectivity index (χ2n) is 9.60. The molecule has 2 saturated heterocycles. The van der Waals surface area contributed by atoms with Crippen molar-refractivity contribution >= 4 is 34.5 Å². The first-order valence-electron chi connectivity index (χ1n) is 12.0. The molecule has 0 bridgehead atoms. The van der Waals surface area contributed by atoms with Crippen LogP contribution in [0, 0.1) is 11.8 Å². The predicted octanol–water partition coefficient (Wildman–Crippen LogP) is 6.80. The van der Waals surface area contributed by atoms with Crippen LogP contribution in [0.3, 0.4) is 0 Å². The van der Waals surface area contributed by atoms with Gasteiger partial charge in [-0.1, -0.05) is 36.2 Å². The second-order valence-corrected chi connectivity index (χ2v) is 11.2. The Kier molecular flexibility index (Phi) is 8.94. The second kappa shape index (κ2) is 11.7. The molecule has 0 saturated carbocycles. The van der Waals surface area contributed by atoms with E-state index in [1.54, 1.807) is 0 Å². The highest BCUT2D eigenvalue weighted by Gasteiger charge is 2.36. The fraction of sp³-hybridized carbons (Fsp3) is 0.615. The van der Waals surface area contributed by atoms with E-state index in [1.165, 1.54) is 50.0 Å². The predicted molar refractivity (Wildman–Crippen MR) is 137 cm³/mol. The van der Waals surface area contributed by atoms with Gasteiger partial charge in [-0.05, 0) is 90.7 Å². The van der Waals surface area contributed by atoms with Crippen LogP contribution in [-0.4, -0.2) is 55.7 Å². The highest BCUT2D eigenvalue weighted by Crippen LogP contribution is 2.37. The number of ether oxygens (including phenoxy) is 1. The molecule has 3 unspecified atom stereocenters. The topological polar surface area (TPSA) is 15.7 Å². The Bertz CT molecular complexity index is 834. The smallest absolute Gasteiger partial charge is 0.0571 e. The van der Waals surface area contributed by atoms with E-state index < -0.39 is 0 Å². The Balaban J connectivity index is 1.36. The van der Waals surface area contributed by atoms with Gasteiger partial charge in [-0.2, -0.15) is 11.3 Å². The number of hydrogen-bond acceptors (Lipinski definition) is 4. The van der Waals surface area contributed by atoms with E-state index in [-0.39, 0.29) is 0 Å². The summed E-state index contributed by atoms with van der Waals surface area (Å²) in [6.07, 6.45) is 5.38. The lowest BCUT2D eigenvalue weighted by Gasteiger charge is -2.35. The largest absolute Gasteiger partial charge is 0.381 e. The number of piperidine rings is 1. The van der Waals surface area contributed by atoms with Crippen LogP contribution in [0.15, 0.2) is 35.0 Å². The fourth-order valence-electron chi connectivity index (χ4n) is 5.57. The number of thiophene rings is 1. The third-order valence-electron chi connectivity index (χ3n) is 7.48. The molecule has 1 aromatic heterocycles. The molecular formula is C26H36Cl2N2OS. The Morgan fingerprint density at radius 1 is 1.12 bits per heavy atom. The number of halogens is 2. The Labute approximate surface area is 207 Å². The van der Waals surface area contributed by atoms with Gasteiger partial charge in [-0.15, -0.1) is 0 Å². The van der Waals surface area contributed by atoms with Crippen molar-refractivity contribution in [1.82, 2.24) is 9.80 Å². The molecule has 1 aromatic carbocycles. The van der Waals surface area contributed by atoms with Gasteiger partial charge in [0.05, 0.1) is 6.10 Å². The van der Waals surface area contributed by atoms with Gasteiger partial charge in [0, 0.05) is 49.3 Å². The molecule has 3 atom stereocenters. The molecule has 0 radical (unpaired) electrons. The highest BCUT2D eigenvalue weighted by molar-refractivity contribution is 7.08. The molecule has 3 heterocycles. The van der Waals surface area contributed by atoms with Gasteiger partial charge < -0.3 is 9.64 Å². The standard InChI is InChI=1S/C26H36Cl2N2OS/c1-3-24(31-2)12-19-6-9-29(10-7-19)15-22-16-30(17-25(22)21-8-11-32-18-21)14-20-4-5-23(27)13-26(20)28/h4-5,8,11,13,18-19,22,24-25H,3,6-7,9-10,12,14-17H2,1-2H3. The first-order chi connectivity index (χ1) is 15.6. The van der Waals surface area contributed by atoms with Crippen molar-refractivity contribution in [3.63, 3.8) is 0 Å². The summed E-state index contributed by atoms with van der Waals surface area (Å²) < 4.78 is 5.63. The number of nitrogens with zero attached hydrogens (tertiary/aromatic N) is 2. The quantitative estimate of drug-likeness (QED) is 0.381. The maximum Gasteiger partial charge on any atom is 0.0571 e. The Morgan fingerprint density at radius 2 is 1.94 bits per heavy atom. The number of likely N-dealkylation sites (tertiary alicyclic amines) is 2. The van der Waals surface area contributed by atoms with Crippen LogP contribution in [0.2, 0.25) is 10.0 Å². The van der Waals surface area contributed by atoms with E-state index in [1.807, 2.05) is 30.6 Å². The summed E-state index contributed by atoms with van der Waals surface area (Å²) in [6, 6.07) is 8.21. The highest BCUT2D eigenvalue weighted by atomic mass is 35.5. The molecular weight excluding hydrogens is 459 g/mol. The van der Waals surface area contributed by atoms with Gasteiger partial charge in [-0.3, -0.25) is 4.90 Å². The molecule has 2 aromatic rings. The zero-order valence-corrected chi connectivity index (χ0v) is 21.6. The van der Waals surface area contributed by atoms with Crippen LogP contribution in [0.5, 0.6) is 0 Å². The SMILES string of the molecule is CCC(CC1CCN(CC2CN(Cc3ccc(Cl)cc3Cl)CC2c2ccsc2)CC1)OC. The van der Waals surface area contributed by atoms with Gasteiger partial charge in [0.15, 0.2) is 0 Å². The molecule has 0 N–H and O–H groups in total. The van der Waals surface area contributed by atoms with Gasteiger partial charge in [0.25, 0.3) is 0 Å². The van der Waals surface area contributed by atoms with Crippen molar-refractivity contribution in [3.8, 4) is 0 Å². The molecule has 2 aliphatic rings. The number of hydrogen-bond donors (Lipinski definition) is 0. The first-order valence-corrected chi connectivity index (χ1v) is 13.7. The number of benzene rings is 1. The summed E-state index contributed by atoms with van der Waals surface area (Å²) in [5.41, 5.74) is 2.68. The van der Waals surface area contributed by atoms with Crippen molar-refractivity contribution in [1.29, 1.82) is 0 Å². The molecule has 3 nitrogen and oxygen atoms in total. The van der Waals surface area contributed by atoms with Crippen LogP contribution in [0.25, 0.3) is 0 Å². The zero-order chi connectivity index (χ0) is 22.5. The number of methoxy groups -OCH3 is 1. The molecule has 2 fully saturated rings. The average molecular weight is 496 g/mol. The molecule has 4 rings (SSSR count). The lowest BCUT2D eigenvalue weighted by atomic mass is 9.87. The normalized spacial score (nSPS) is 24.2. The third kappa shape index (κ3) is 6.28. The van der Waals surface area contributed by atoms with Crippen molar-refractivity contribution < 1.29 is 4.74 Å². The van der Waals surface area contributed by atoms with Crippen LogP contribution < -0.4 is 0 Å². The van der Waals surface area contributed by atoms with E-state index in [0.29, 0.717) is 23.0 Å². The van der Waals surface area contributed by atoms with Gasteiger partial charge in [-0.25, -0.2) is 0 Å². The summed E-state index contributed by atoms with van der Waals surface area (Å²) in [7, 11) is 1.86. The van der Waals surface area contributed by atoms with Crippen molar-refractivity contribution in [2.45, 2.75) is 51.2 Å². The summed E-state index contributed by atoms with van der Waals surface area (Å²) in [4.78, 5) is 5.30. The van der Waals surface area contributed by atoms with Crippen molar-refractivity contribution in [2.75, 3.05) is 39.8 Å². The van der Waals surface area contributed by atoms with Gasteiger partial charge in [0.2, 0.25) is 0 Å². The van der Waals surface area contributed by atoms with Gasteiger partial charge >= 0.3 is 0 Å².